The summed E-state index contributed by atoms with van der Waals surface area (Å²) >= 11 is 0. The fourth-order valence-corrected chi connectivity index (χ4v) is 0.405. The second-order valence-electron chi connectivity index (χ2n) is 1.18. The van der Waals surface area contributed by atoms with Crippen molar-refractivity contribution in [3.05, 3.63) is 12.0 Å². The minimum absolute atomic E-state index is 0.0787. The van der Waals surface area contributed by atoms with Gasteiger partial charge < -0.3 is 9.84 Å². The van der Waals surface area contributed by atoms with E-state index < -0.39 is 0 Å². The van der Waals surface area contributed by atoms with E-state index in [-0.39, 0.29) is 5.95 Å². The molecule has 0 aromatic rings. The summed E-state index contributed by atoms with van der Waals surface area (Å²) in [4.78, 5) is 0. The zero-order valence-corrected chi connectivity index (χ0v) is 3.35. The third-order valence-corrected chi connectivity index (χ3v) is 0.687. The molecule has 1 rings (SSSR count). The van der Waals surface area contributed by atoms with Crippen LogP contribution in [0.5, 0.6) is 0 Å². The first kappa shape index (κ1) is 3.53. The average molecular weight is 87.1 g/mol. The highest BCUT2D eigenvalue weighted by atomic mass is 16.7. The van der Waals surface area contributed by atoms with Crippen LogP contribution in [-0.4, -0.2) is 11.7 Å². The molecule has 2 nitrogen and oxygen atoms in total. The topological polar surface area (TPSA) is 29.5 Å². The zero-order chi connectivity index (χ0) is 4.41. The highest BCUT2D eigenvalue weighted by Crippen LogP contribution is 2.02. The summed E-state index contributed by atoms with van der Waals surface area (Å²) < 4.78 is 4.57. The van der Waals surface area contributed by atoms with Gasteiger partial charge in [0.05, 0.1) is 6.61 Å². The molecule has 6 heavy (non-hydrogen) atoms. The van der Waals surface area contributed by atoms with Crippen molar-refractivity contribution in [2.24, 2.45) is 0 Å². The van der Waals surface area contributed by atoms with E-state index in [1.54, 1.807) is 6.08 Å². The Morgan fingerprint density at radius 3 is 2.83 bits per heavy atom. The maximum absolute atomic E-state index is 8.37. The Hall–Kier alpha value is -0.660. The van der Waals surface area contributed by atoms with Gasteiger partial charge >= 0.3 is 0 Å². The molecule has 0 bridgehead atoms. The largest absolute Gasteiger partial charge is 0.481 e. The molecular formula is C4H6O2. The van der Waals surface area contributed by atoms with Crippen LogP contribution in [-0.2, 0) is 4.74 Å². The van der Waals surface area contributed by atoms with Gasteiger partial charge in [-0.25, -0.2) is 0 Å². The molecule has 0 saturated carbocycles. The lowest BCUT2D eigenvalue weighted by Crippen LogP contribution is -1.79. The van der Waals surface area contributed by atoms with E-state index in [9.17, 15) is 0 Å². The fourth-order valence-electron chi connectivity index (χ4n) is 0.405. The highest BCUT2D eigenvalue weighted by molar-refractivity contribution is 4.86. The van der Waals surface area contributed by atoms with E-state index in [2.05, 4.69) is 4.74 Å². The molecule has 0 unspecified atom stereocenters. The van der Waals surface area contributed by atoms with Crippen molar-refractivity contribution < 1.29 is 9.84 Å². The van der Waals surface area contributed by atoms with Crippen molar-refractivity contribution in [2.45, 2.75) is 6.42 Å². The van der Waals surface area contributed by atoms with Crippen LogP contribution in [0.4, 0.5) is 0 Å². The molecule has 1 aliphatic heterocycles. The van der Waals surface area contributed by atoms with Gasteiger partial charge in [-0.3, -0.25) is 0 Å². The lowest BCUT2D eigenvalue weighted by Gasteiger charge is -1.88. The molecule has 0 aromatic heterocycles. The Bertz CT molecular complexity index is 75.6. The van der Waals surface area contributed by atoms with Crippen LogP contribution < -0.4 is 0 Å². The maximum Gasteiger partial charge on any atom is 0.272 e. The molecular weight excluding hydrogens is 81.0 g/mol. The summed E-state index contributed by atoms with van der Waals surface area (Å²) in [5, 5.41) is 8.37. The standard InChI is InChI=1S/C4H6O2/c5-4-2-1-3-6-4/h2,5H,1,3H2/i4+1. The van der Waals surface area contributed by atoms with Crippen molar-refractivity contribution >= 4 is 0 Å². The molecule has 1 aliphatic rings. The summed E-state index contributed by atoms with van der Waals surface area (Å²) in [6.45, 7) is 0.645. The Balaban J connectivity index is 2.45. The predicted octanol–water partition coefficient (Wildman–Crippen LogP) is 0.806. The lowest BCUT2D eigenvalue weighted by molar-refractivity contribution is 0.119. The molecule has 1 heterocycles. The van der Waals surface area contributed by atoms with Crippen LogP contribution in [0.1, 0.15) is 6.42 Å². The quantitative estimate of drug-likeness (QED) is 0.443. The van der Waals surface area contributed by atoms with Gasteiger partial charge in [-0.15, -0.1) is 0 Å². The van der Waals surface area contributed by atoms with Crippen LogP contribution in [0.2, 0.25) is 0 Å². The second kappa shape index (κ2) is 1.20. The van der Waals surface area contributed by atoms with Gasteiger partial charge in [-0.05, 0) is 6.08 Å². The first-order chi connectivity index (χ1) is 2.89. The number of hydrogen-bond donors (Lipinski definition) is 1. The normalized spacial score (nSPS) is 19.7. The van der Waals surface area contributed by atoms with Gasteiger partial charge in [0.25, 0.3) is 5.95 Å². The molecule has 0 aromatic carbocycles. The Kier molecular flexibility index (Phi) is 0.708. The third kappa shape index (κ3) is 0.455. The molecule has 0 spiro atoms. The highest BCUT2D eigenvalue weighted by Gasteiger charge is 1.98. The summed E-state index contributed by atoms with van der Waals surface area (Å²) in [6.07, 6.45) is 2.51. The van der Waals surface area contributed by atoms with E-state index in [0.717, 1.165) is 6.42 Å². The summed E-state index contributed by atoms with van der Waals surface area (Å²) in [5.74, 6) is 0.0787. The molecule has 0 atom stereocenters. The van der Waals surface area contributed by atoms with Crippen molar-refractivity contribution in [3.63, 3.8) is 0 Å². The second-order valence-corrected chi connectivity index (χ2v) is 1.18. The summed E-state index contributed by atoms with van der Waals surface area (Å²) in [5.41, 5.74) is 0. The van der Waals surface area contributed by atoms with Gasteiger partial charge in [0.1, 0.15) is 0 Å². The average Bonchev–Trinajstić information content (AvgIpc) is 1.86. The first-order valence-corrected chi connectivity index (χ1v) is 1.91. The van der Waals surface area contributed by atoms with Crippen molar-refractivity contribution in [2.75, 3.05) is 6.61 Å². The molecule has 0 saturated heterocycles. The number of hydrogen-bond acceptors (Lipinski definition) is 2. The van der Waals surface area contributed by atoms with Gasteiger partial charge in [0.15, 0.2) is 0 Å². The fraction of sp³-hybridized carbons (Fsp3) is 0.500. The van der Waals surface area contributed by atoms with Crippen LogP contribution >= 0.6 is 0 Å². The number of aliphatic hydroxyl groups excluding tert-OH is 1. The molecule has 2 heteroatoms. The van der Waals surface area contributed by atoms with E-state index in [1.165, 1.54) is 0 Å². The summed E-state index contributed by atoms with van der Waals surface area (Å²) in [6, 6.07) is 0. The molecule has 0 aliphatic carbocycles. The molecule has 0 fully saturated rings. The molecule has 0 amide bonds. The Labute approximate surface area is 36.0 Å². The number of ether oxygens (including phenoxy) is 1. The van der Waals surface area contributed by atoms with Gasteiger partial charge in [0.2, 0.25) is 0 Å². The SMILES string of the molecule is O[13C]1=CCCO1. The van der Waals surface area contributed by atoms with Crippen molar-refractivity contribution in [3.8, 4) is 0 Å². The monoisotopic (exact) mass is 87.0 g/mol. The van der Waals surface area contributed by atoms with E-state index in [1.807, 2.05) is 0 Å². The minimum Gasteiger partial charge on any atom is -0.481 e. The first-order valence-electron chi connectivity index (χ1n) is 1.91. The van der Waals surface area contributed by atoms with Gasteiger partial charge in [0, 0.05) is 6.42 Å². The van der Waals surface area contributed by atoms with Crippen molar-refractivity contribution in [1.29, 1.82) is 0 Å². The third-order valence-electron chi connectivity index (χ3n) is 0.687. The molecule has 0 radical (unpaired) electrons. The maximum atomic E-state index is 8.37. The predicted molar refractivity (Wildman–Crippen MR) is 21.3 cm³/mol. The van der Waals surface area contributed by atoms with Crippen LogP contribution in [0.25, 0.3) is 0 Å². The van der Waals surface area contributed by atoms with Crippen LogP contribution in [0, 0.1) is 0 Å². The molecule has 1 N–H and O–H groups in total. The van der Waals surface area contributed by atoms with Crippen LogP contribution in [0.15, 0.2) is 12.0 Å². The zero-order valence-electron chi connectivity index (χ0n) is 3.35. The van der Waals surface area contributed by atoms with Gasteiger partial charge in [-0.1, -0.05) is 0 Å². The van der Waals surface area contributed by atoms with Crippen LogP contribution in [0.3, 0.4) is 0 Å². The van der Waals surface area contributed by atoms with E-state index >= 15 is 0 Å². The Morgan fingerprint density at radius 2 is 2.67 bits per heavy atom. The minimum atomic E-state index is 0.0787. The smallest absolute Gasteiger partial charge is 0.272 e. The number of aliphatic hydroxyl groups is 1. The number of rotatable bonds is 0. The van der Waals surface area contributed by atoms with Crippen molar-refractivity contribution in [1.82, 2.24) is 0 Å². The summed E-state index contributed by atoms with van der Waals surface area (Å²) in [7, 11) is 0. The van der Waals surface area contributed by atoms with E-state index in [4.69, 9.17) is 5.11 Å². The Morgan fingerprint density at radius 1 is 1.83 bits per heavy atom. The molecule has 34 valence electrons. The lowest BCUT2D eigenvalue weighted by atomic mass is 10.5. The van der Waals surface area contributed by atoms with E-state index in [0.29, 0.717) is 6.61 Å². The van der Waals surface area contributed by atoms with Gasteiger partial charge in [-0.2, -0.15) is 0 Å².